The molecule has 0 atom stereocenters. The average Bonchev–Trinajstić information content (AvgIpc) is 3.29. The van der Waals surface area contributed by atoms with Gasteiger partial charge in [0.05, 0.1) is 17.7 Å². The van der Waals surface area contributed by atoms with Crippen LogP contribution in [-0.2, 0) is 21.3 Å². The van der Waals surface area contributed by atoms with Gasteiger partial charge in [-0.1, -0.05) is 58.5 Å². The number of halogens is 4. The Bertz CT molecular complexity index is 1590. The van der Waals surface area contributed by atoms with Crippen LogP contribution in [0.25, 0.3) is 0 Å². The molecule has 0 amide bonds. The van der Waals surface area contributed by atoms with Gasteiger partial charge in [-0.25, -0.2) is 9.78 Å². The number of hydrogen-bond acceptors (Lipinski definition) is 6. The number of hydrogen-bond donors (Lipinski definition) is 2. The van der Waals surface area contributed by atoms with E-state index in [1.807, 2.05) is 0 Å². The van der Waals surface area contributed by atoms with Gasteiger partial charge < -0.3 is 14.7 Å². The summed E-state index contributed by atoms with van der Waals surface area (Å²) in [6.45, 7) is 0.108. The molecular weight excluding hydrogens is 614 g/mol. The number of rotatable bonds is 10. The van der Waals surface area contributed by atoms with E-state index in [1.165, 1.54) is 17.1 Å². The van der Waals surface area contributed by atoms with Crippen LogP contribution >= 0.6 is 46.4 Å². The number of nitrogens with zero attached hydrogens (tertiary/aromatic N) is 2. The molecular formula is C25H18Cl4N2O7S. The average molecular weight is 632 g/mol. The van der Waals surface area contributed by atoms with Crippen LogP contribution in [0.15, 0.2) is 71.9 Å². The molecule has 204 valence electrons. The Morgan fingerprint density at radius 3 is 2.10 bits per heavy atom. The first-order chi connectivity index (χ1) is 18.4. The second-order valence-corrected chi connectivity index (χ2v) is 11.1. The van der Waals surface area contributed by atoms with Crippen molar-refractivity contribution in [3.8, 4) is 5.75 Å². The molecule has 4 aromatic rings. The van der Waals surface area contributed by atoms with E-state index >= 15 is 0 Å². The molecule has 0 bridgehead atoms. The zero-order valence-corrected chi connectivity index (χ0v) is 23.4. The highest BCUT2D eigenvalue weighted by Crippen LogP contribution is 2.37. The van der Waals surface area contributed by atoms with Crippen molar-refractivity contribution in [3.63, 3.8) is 0 Å². The number of benzene rings is 3. The highest BCUT2D eigenvalue weighted by Gasteiger charge is 2.22. The zero-order chi connectivity index (χ0) is 28.3. The minimum absolute atomic E-state index is 0.108. The van der Waals surface area contributed by atoms with Gasteiger partial charge in [-0.2, -0.15) is 13.1 Å². The van der Waals surface area contributed by atoms with Crippen molar-refractivity contribution in [2.75, 3.05) is 6.61 Å². The van der Waals surface area contributed by atoms with Crippen molar-refractivity contribution in [2.24, 2.45) is 0 Å². The predicted octanol–water partition coefficient (Wildman–Crippen LogP) is 6.63. The Morgan fingerprint density at radius 2 is 1.56 bits per heavy atom. The predicted molar refractivity (Wildman–Crippen MR) is 146 cm³/mol. The summed E-state index contributed by atoms with van der Waals surface area (Å²) in [5, 5.41) is 11.2. The third kappa shape index (κ3) is 7.03. The number of carboxylic acids is 1. The fraction of sp³-hybridized carbons (Fsp3) is 0.120. The molecule has 0 spiro atoms. The molecule has 1 heterocycles. The van der Waals surface area contributed by atoms with Gasteiger partial charge in [-0.05, 0) is 42.5 Å². The van der Waals surface area contributed by atoms with E-state index in [4.69, 9.17) is 56.0 Å². The summed E-state index contributed by atoms with van der Waals surface area (Å²) in [6.07, 6.45) is 2.41. The molecule has 2 N–H and O–H groups in total. The number of carboxylic acid groups (broad SMARTS) is 1. The molecule has 0 aliphatic heterocycles. The molecule has 39 heavy (non-hydrogen) atoms. The first-order valence-electron chi connectivity index (χ1n) is 11.0. The lowest BCUT2D eigenvalue weighted by molar-refractivity contribution is 0.0683. The summed E-state index contributed by atoms with van der Waals surface area (Å²) < 4.78 is 39.5. The van der Waals surface area contributed by atoms with Crippen molar-refractivity contribution >= 4 is 62.5 Å². The maximum atomic E-state index is 11.7. The van der Waals surface area contributed by atoms with Crippen molar-refractivity contribution in [1.29, 1.82) is 0 Å². The Labute approximate surface area is 243 Å². The maximum Gasteiger partial charge on any atom is 0.339 e. The maximum absolute atomic E-state index is 11.7. The van der Waals surface area contributed by atoms with Crippen LogP contribution in [0.3, 0.4) is 0 Å². The molecule has 9 nitrogen and oxygen atoms in total. The molecule has 0 unspecified atom stereocenters. The number of ether oxygens (including phenoxy) is 1. The second-order valence-electron chi connectivity index (χ2n) is 8.03. The Balaban J connectivity index is 1.56. The van der Waals surface area contributed by atoms with Gasteiger partial charge in [0, 0.05) is 43.8 Å². The van der Waals surface area contributed by atoms with E-state index in [-0.39, 0.29) is 18.8 Å². The van der Waals surface area contributed by atoms with E-state index in [2.05, 4.69) is 4.98 Å². The van der Waals surface area contributed by atoms with Crippen molar-refractivity contribution in [3.05, 3.63) is 110 Å². The molecule has 0 fully saturated rings. The quantitative estimate of drug-likeness (QED) is 0.187. The molecule has 3 aromatic carbocycles. The van der Waals surface area contributed by atoms with Crippen molar-refractivity contribution in [1.82, 2.24) is 9.71 Å². The summed E-state index contributed by atoms with van der Waals surface area (Å²) in [4.78, 5) is 21.0. The first kappa shape index (κ1) is 29.2. The molecule has 0 radical (unpaired) electrons. The summed E-state index contributed by atoms with van der Waals surface area (Å²) in [7, 11) is -4.61. The van der Waals surface area contributed by atoms with E-state index < -0.39 is 32.7 Å². The summed E-state index contributed by atoms with van der Waals surface area (Å²) in [5.74, 6) is -1.26. The highest BCUT2D eigenvalue weighted by atomic mass is 35.5. The number of aromatic carboxylic acids is 1. The number of imidazole rings is 1. The topological polar surface area (TPSA) is 128 Å². The van der Waals surface area contributed by atoms with Crippen molar-refractivity contribution < 1.29 is 32.4 Å². The normalized spacial score (nSPS) is 11.6. The highest BCUT2D eigenvalue weighted by molar-refractivity contribution is 7.85. The summed E-state index contributed by atoms with van der Waals surface area (Å²) >= 11 is 25.0. The van der Waals surface area contributed by atoms with E-state index in [1.54, 1.807) is 36.4 Å². The van der Waals surface area contributed by atoms with Crippen molar-refractivity contribution in [2.45, 2.75) is 17.4 Å². The van der Waals surface area contributed by atoms with Crippen LogP contribution in [0.1, 0.15) is 33.4 Å². The minimum atomic E-state index is -4.61. The smallest absolute Gasteiger partial charge is 0.339 e. The second kappa shape index (κ2) is 12.1. The molecule has 1 aromatic heterocycles. The summed E-state index contributed by atoms with van der Waals surface area (Å²) in [5.41, 5.74) is 0.765. The number of aromatic nitrogens is 2. The fourth-order valence-corrected chi connectivity index (χ4v) is 5.17. The molecule has 0 aliphatic rings. The van der Waals surface area contributed by atoms with Gasteiger partial charge in [-0.3, -0.25) is 4.55 Å². The lowest BCUT2D eigenvalue weighted by atomic mass is 10.0. The SMILES string of the molecule is O=C(O)c1cc(S(=O)(=O)O)ccc1On1ccnc1CCOC(c1ccc(Cl)cc1Cl)c1ccc(Cl)cc1Cl. The Hall–Kier alpha value is -2.83. The lowest BCUT2D eigenvalue weighted by Gasteiger charge is -2.21. The first-order valence-corrected chi connectivity index (χ1v) is 14.0. The third-order valence-corrected chi connectivity index (χ3v) is 7.43. The fourth-order valence-electron chi connectivity index (χ4n) is 3.65. The Kier molecular flexibility index (Phi) is 9.07. The van der Waals surface area contributed by atoms with Crippen LogP contribution in [0.5, 0.6) is 5.75 Å². The zero-order valence-electron chi connectivity index (χ0n) is 19.6. The van der Waals surface area contributed by atoms with Crippen LogP contribution in [0.4, 0.5) is 0 Å². The van der Waals surface area contributed by atoms with Gasteiger partial charge in [0.25, 0.3) is 10.1 Å². The molecule has 14 heteroatoms. The minimum Gasteiger partial charge on any atom is -0.478 e. The van der Waals surface area contributed by atoms with Gasteiger partial charge in [-0.15, -0.1) is 0 Å². The van der Waals surface area contributed by atoms with Gasteiger partial charge in [0.2, 0.25) is 0 Å². The van der Waals surface area contributed by atoms with E-state index in [0.29, 0.717) is 37.0 Å². The summed E-state index contributed by atoms with van der Waals surface area (Å²) in [6, 6.07) is 12.9. The molecule has 4 rings (SSSR count). The van der Waals surface area contributed by atoms with E-state index in [9.17, 15) is 22.9 Å². The third-order valence-electron chi connectivity index (χ3n) is 5.46. The molecule has 0 saturated carbocycles. The van der Waals surface area contributed by atoms with Gasteiger partial charge in [0.15, 0.2) is 5.75 Å². The molecule has 0 saturated heterocycles. The number of carbonyl (C=O) groups is 1. The Morgan fingerprint density at radius 1 is 0.949 bits per heavy atom. The monoisotopic (exact) mass is 630 g/mol. The van der Waals surface area contributed by atoms with Gasteiger partial charge >= 0.3 is 5.97 Å². The largest absolute Gasteiger partial charge is 0.478 e. The standard InChI is InChI=1S/C25H18Cl4N2O7S/c26-14-1-4-17(20(28)11-14)24(18-5-2-15(27)12-21(18)29)37-10-7-23-30-8-9-31(23)38-22-6-3-16(39(34,35)36)13-19(22)25(32)33/h1-6,8-9,11-13,24H,7,10H2,(H,32,33)(H,34,35,36). The van der Waals surface area contributed by atoms with Crippen LogP contribution in [-0.4, -0.2) is 40.4 Å². The molecule has 0 aliphatic carbocycles. The van der Waals surface area contributed by atoms with Crippen LogP contribution < -0.4 is 4.84 Å². The lowest BCUT2D eigenvalue weighted by Crippen LogP contribution is -2.15. The van der Waals surface area contributed by atoms with Gasteiger partial charge in [0.1, 0.15) is 17.5 Å². The van der Waals surface area contributed by atoms with Crippen LogP contribution in [0, 0.1) is 0 Å². The van der Waals surface area contributed by atoms with Crippen LogP contribution in [0.2, 0.25) is 20.1 Å². The van der Waals surface area contributed by atoms with E-state index in [0.717, 1.165) is 18.2 Å².